The van der Waals surface area contributed by atoms with Gasteiger partial charge in [0.15, 0.2) is 0 Å². The van der Waals surface area contributed by atoms with Gasteiger partial charge in [0.2, 0.25) is 10.0 Å². The first-order chi connectivity index (χ1) is 9.23. The van der Waals surface area contributed by atoms with E-state index in [-0.39, 0.29) is 21.6 Å². The maximum atomic E-state index is 13.5. The number of nitrogens with two attached hydrogens (primary N) is 1. The molecule has 3 N–H and O–H groups in total. The molecule has 1 aromatic carbocycles. The van der Waals surface area contributed by atoms with E-state index in [1.807, 2.05) is 0 Å². The molecule has 0 amide bonds. The average molecular weight is 300 g/mol. The smallest absolute Gasteiger partial charge is 0.240 e. The van der Waals surface area contributed by atoms with Crippen molar-refractivity contribution >= 4 is 15.7 Å². The van der Waals surface area contributed by atoms with E-state index in [9.17, 15) is 12.8 Å². The van der Waals surface area contributed by atoms with Crippen LogP contribution in [0.5, 0.6) is 0 Å². The van der Waals surface area contributed by atoms with E-state index in [0.717, 1.165) is 25.7 Å². The zero-order valence-electron chi connectivity index (χ0n) is 11.9. The molecule has 0 spiro atoms. The molecule has 0 heterocycles. The summed E-state index contributed by atoms with van der Waals surface area (Å²) in [6.45, 7) is 4.00. The number of nitrogen functional groups attached to an aromatic ring is 1. The number of rotatable bonds is 4. The minimum Gasteiger partial charge on any atom is -0.396 e. The first-order valence-electron chi connectivity index (χ1n) is 6.79. The van der Waals surface area contributed by atoms with Gasteiger partial charge in [-0.15, -0.1) is 0 Å². The summed E-state index contributed by atoms with van der Waals surface area (Å²) in [5.74, 6) is -0.563. The number of hydrogen-bond donors (Lipinski definition) is 2. The fourth-order valence-corrected chi connectivity index (χ4v) is 3.99. The topological polar surface area (TPSA) is 72.2 Å². The Morgan fingerprint density at radius 2 is 1.95 bits per heavy atom. The summed E-state index contributed by atoms with van der Waals surface area (Å²) in [6, 6.07) is 2.48. The predicted octanol–water partition coefficient (Wildman–Crippen LogP) is 2.57. The molecule has 112 valence electrons. The van der Waals surface area contributed by atoms with E-state index < -0.39 is 15.8 Å². The van der Waals surface area contributed by atoms with Crippen molar-refractivity contribution in [3.05, 3.63) is 23.5 Å². The lowest BCUT2D eigenvalue weighted by atomic mass is 9.89. The predicted molar refractivity (Wildman–Crippen MR) is 77.3 cm³/mol. The van der Waals surface area contributed by atoms with Crippen molar-refractivity contribution in [2.24, 2.45) is 5.41 Å². The van der Waals surface area contributed by atoms with Crippen molar-refractivity contribution in [3.8, 4) is 0 Å². The summed E-state index contributed by atoms with van der Waals surface area (Å²) in [7, 11) is -3.64. The summed E-state index contributed by atoms with van der Waals surface area (Å²) in [5.41, 5.74) is 5.61. The molecule has 0 radical (unpaired) electrons. The van der Waals surface area contributed by atoms with Gasteiger partial charge in [-0.2, -0.15) is 0 Å². The Morgan fingerprint density at radius 3 is 2.50 bits per heavy atom. The van der Waals surface area contributed by atoms with Crippen LogP contribution in [-0.2, 0) is 10.0 Å². The Kier molecular flexibility index (Phi) is 4.07. The van der Waals surface area contributed by atoms with Crippen molar-refractivity contribution < 1.29 is 12.8 Å². The summed E-state index contributed by atoms with van der Waals surface area (Å²) >= 11 is 0. The van der Waals surface area contributed by atoms with Crippen LogP contribution in [0.4, 0.5) is 10.1 Å². The van der Waals surface area contributed by atoms with Crippen LogP contribution >= 0.6 is 0 Å². The number of sulfonamides is 1. The molecular weight excluding hydrogens is 279 g/mol. The molecule has 0 atom stereocenters. The summed E-state index contributed by atoms with van der Waals surface area (Å²) in [5, 5.41) is 0. The summed E-state index contributed by atoms with van der Waals surface area (Å²) in [6.07, 6.45) is 4.34. The molecule has 1 aromatic rings. The highest BCUT2D eigenvalue weighted by Crippen LogP contribution is 2.37. The molecule has 1 aliphatic carbocycles. The second-order valence-corrected chi connectivity index (χ2v) is 7.75. The fourth-order valence-electron chi connectivity index (χ4n) is 2.68. The number of nitrogens with one attached hydrogen (secondary N) is 1. The monoisotopic (exact) mass is 300 g/mol. The maximum absolute atomic E-state index is 13.5. The Morgan fingerprint density at radius 1 is 1.35 bits per heavy atom. The number of anilines is 1. The molecule has 2 rings (SSSR count). The van der Waals surface area contributed by atoms with Crippen LogP contribution < -0.4 is 10.5 Å². The van der Waals surface area contributed by atoms with Gasteiger partial charge < -0.3 is 5.73 Å². The van der Waals surface area contributed by atoms with Gasteiger partial charge in [0, 0.05) is 6.54 Å². The zero-order valence-corrected chi connectivity index (χ0v) is 12.7. The third-order valence-corrected chi connectivity index (χ3v) is 5.45. The van der Waals surface area contributed by atoms with Gasteiger partial charge in [-0.1, -0.05) is 19.8 Å². The second kappa shape index (κ2) is 5.33. The lowest BCUT2D eigenvalue weighted by Crippen LogP contribution is -2.34. The third kappa shape index (κ3) is 3.12. The van der Waals surface area contributed by atoms with E-state index in [0.29, 0.717) is 6.54 Å². The maximum Gasteiger partial charge on any atom is 0.240 e. The van der Waals surface area contributed by atoms with Gasteiger partial charge >= 0.3 is 0 Å². The zero-order chi connectivity index (χ0) is 15.0. The van der Waals surface area contributed by atoms with E-state index in [2.05, 4.69) is 11.6 Å². The minimum absolute atomic E-state index is 0.0215. The van der Waals surface area contributed by atoms with Crippen molar-refractivity contribution in [3.63, 3.8) is 0 Å². The Labute approximate surface area is 119 Å². The summed E-state index contributed by atoms with van der Waals surface area (Å²) < 4.78 is 40.6. The molecule has 1 fully saturated rings. The molecule has 0 aliphatic heterocycles. The Bertz CT molecular complexity index is 585. The number of halogens is 1. The van der Waals surface area contributed by atoms with Gasteiger partial charge in [0.25, 0.3) is 0 Å². The van der Waals surface area contributed by atoms with E-state index in [1.165, 1.54) is 19.1 Å². The first kappa shape index (κ1) is 15.3. The molecule has 20 heavy (non-hydrogen) atoms. The van der Waals surface area contributed by atoms with Crippen molar-refractivity contribution in [1.29, 1.82) is 0 Å². The van der Waals surface area contributed by atoms with Gasteiger partial charge in [0.1, 0.15) is 5.82 Å². The number of benzene rings is 1. The first-order valence-corrected chi connectivity index (χ1v) is 8.27. The van der Waals surface area contributed by atoms with Gasteiger partial charge in [-0.05, 0) is 42.9 Å². The molecule has 1 aliphatic rings. The van der Waals surface area contributed by atoms with Crippen LogP contribution in [0.25, 0.3) is 0 Å². The van der Waals surface area contributed by atoms with Gasteiger partial charge in [-0.25, -0.2) is 17.5 Å². The molecule has 0 bridgehead atoms. The fraction of sp³-hybridized carbons (Fsp3) is 0.571. The normalized spacial score (nSPS) is 18.4. The molecule has 0 aromatic heterocycles. The molecular formula is C14H21FN2O2S. The highest BCUT2D eigenvalue weighted by Gasteiger charge is 2.30. The minimum atomic E-state index is -3.64. The van der Waals surface area contributed by atoms with Crippen molar-refractivity contribution in [2.45, 2.75) is 44.4 Å². The molecule has 4 nitrogen and oxygen atoms in total. The molecule has 6 heteroatoms. The van der Waals surface area contributed by atoms with Crippen LogP contribution in [-0.4, -0.2) is 15.0 Å². The van der Waals surface area contributed by atoms with Gasteiger partial charge in [0.05, 0.1) is 10.6 Å². The number of hydrogen-bond acceptors (Lipinski definition) is 3. The third-order valence-electron chi connectivity index (χ3n) is 4.07. The van der Waals surface area contributed by atoms with E-state index in [1.54, 1.807) is 0 Å². The van der Waals surface area contributed by atoms with E-state index >= 15 is 0 Å². The van der Waals surface area contributed by atoms with E-state index in [4.69, 9.17) is 5.73 Å². The Balaban J connectivity index is 2.18. The summed E-state index contributed by atoms with van der Waals surface area (Å²) in [4.78, 5) is 0.0236. The highest BCUT2D eigenvalue weighted by molar-refractivity contribution is 7.89. The van der Waals surface area contributed by atoms with Crippen LogP contribution in [0.2, 0.25) is 0 Å². The molecule has 0 unspecified atom stereocenters. The highest BCUT2D eigenvalue weighted by atomic mass is 32.2. The molecule has 1 saturated carbocycles. The van der Waals surface area contributed by atoms with Crippen molar-refractivity contribution in [1.82, 2.24) is 4.72 Å². The van der Waals surface area contributed by atoms with Crippen LogP contribution in [0.15, 0.2) is 17.0 Å². The van der Waals surface area contributed by atoms with Crippen molar-refractivity contribution in [2.75, 3.05) is 12.3 Å². The Hall–Kier alpha value is -1.14. The van der Waals surface area contributed by atoms with Crippen LogP contribution in [0, 0.1) is 18.2 Å². The second-order valence-electron chi connectivity index (χ2n) is 5.99. The lowest BCUT2D eigenvalue weighted by molar-refractivity contribution is 0.336. The average Bonchev–Trinajstić information content (AvgIpc) is 2.81. The lowest BCUT2D eigenvalue weighted by Gasteiger charge is -2.23. The SMILES string of the molecule is Cc1cc(S(=O)(=O)NCC2(C)CCCC2)cc(N)c1F. The quantitative estimate of drug-likeness (QED) is 0.839. The van der Waals surface area contributed by atoms with Gasteiger partial charge in [-0.3, -0.25) is 0 Å². The van der Waals surface area contributed by atoms with Crippen LogP contribution in [0.1, 0.15) is 38.2 Å². The largest absolute Gasteiger partial charge is 0.396 e. The van der Waals surface area contributed by atoms with Crippen LogP contribution in [0.3, 0.4) is 0 Å². The number of aryl methyl sites for hydroxylation is 1. The molecule has 0 saturated heterocycles. The standard InChI is InChI=1S/C14H21FN2O2S/c1-10-7-11(8-12(16)13(10)15)20(18,19)17-9-14(2)5-3-4-6-14/h7-8,17H,3-6,9,16H2,1-2H3.